The molecule has 32 heavy (non-hydrogen) atoms. The van der Waals surface area contributed by atoms with Crippen LogP contribution in [-0.2, 0) is 21.9 Å². The molecule has 2 aromatic rings. The molecule has 0 aliphatic rings. The fraction of sp³-hybridized carbons (Fsp3) is 0.391. The average Bonchev–Trinajstić information content (AvgIpc) is 2.71. The maximum Gasteiger partial charge on any atom is 0.269 e. The SMILES string of the molecule is C[C@@H](C(=O)NC(C)(C)C)N(Cc1ccccc1F)C(=O)CSCc1ccc([N+](=O)[O-])cc1. The molecule has 0 saturated carbocycles. The molecule has 0 saturated heterocycles. The monoisotopic (exact) mass is 461 g/mol. The summed E-state index contributed by atoms with van der Waals surface area (Å²) in [7, 11) is 0. The maximum absolute atomic E-state index is 14.2. The fourth-order valence-electron chi connectivity index (χ4n) is 2.92. The van der Waals surface area contributed by atoms with E-state index in [1.165, 1.54) is 34.9 Å². The Hall–Kier alpha value is -2.94. The smallest absolute Gasteiger partial charge is 0.269 e. The third-order valence-corrected chi connectivity index (χ3v) is 5.59. The number of nitrogens with one attached hydrogen (secondary N) is 1. The molecule has 2 amide bonds. The van der Waals surface area contributed by atoms with Gasteiger partial charge in [0.15, 0.2) is 0 Å². The van der Waals surface area contributed by atoms with Crippen LogP contribution in [-0.4, -0.2) is 39.0 Å². The number of non-ortho nitro benzene ring substituents is 1. The van der Waals surface area contributed by atoms with Crippen molar-refractivity contribution in [2.24, 2.45) is 0 Å². The van der Waals surface area contributed by atoms with Gasteiger partial charge >= 0.3 is 0 Å². The number of carbonyl (C=O) groups is 2. The van der Waals surface area contributed by atoms with Gasteiger partial charge in [-0.25, -0.2) is 4.39 Å². The zero-order chi connectivity index (χ0) is 23.9. The van der Waals surface area contributed by atoms with Crippen molar-refractivity contribution in [3.05, 3.63) is 75.6 Å². The average molecular weight is 462 g/mol. The van der Waals surface area contributed by atoms with E-state index in [1.807, 2.05) is 20.8 Å². The first-order valence-electron chi connectivity index (χ1n) is 10.1. The number of nitro benzene ring substituents is 1. The van der Waals surface area contributed by atoms with Crippen LogP contribution < -0.4 is 5.32 Å². The first kappa shape index (κ1) is 25.3. The number of halogens is 1. The number of rotatable bonds is 9. The van der Waals surface area contributed by atoms with E-state index >= 15 is 0 Å². The first-order chi connectivity index (χ1) is 15.0. The zero-order valence-electron chi connectivity index (χ0n) is 18.6. The Morgan fingerprint density at radius 2 is 1.78 bits per heavy atom. The van der Waals surface area contributed by atoms with Crippen LogP contribution >= 0.6 is 11.8 Å². The van der Waals surface area contributed by atoms with Crippen LogP contribution in [0.4, 0.5) is 10.1 Å². The Morgan fingerprint density at radius 1 is 1.16 bits per heavy atom. The number of hydrogen-bond donors (Lipinski definition) is 1. The highest BCUT2D eigenvalue weighted by molar-refractivity contribution is 7.99. The van der Waals surface area contributed by atoms with Crippen molar-refractivity contribution in [2.75, 3.05) is 5.75 Å². The van der Waals surface area contributed by atoms with E-state index in [4.69, 9.17) is 0 Å². The van der Waals surface area contributed by atoms with E-state index < -0.39 is 22.3 Å². The molecule has 0 aliphatic heterocycles. The van der Waals surface area contributed by atoms with Crippen molar-refractivity contribution in [1.29, 1.82) is 0 Å². The Kier molecular flexibility index (Phi) is 8.77. The summed E-state index contributed by atoms with van der Waals surface area (Å²) in [5.74, 6) is -0.496. The number of carbonyl (C=O) groups excluding carboxylic acids is 2. The maximum atomic E-state index is 14.2. The minimum atomic E-state index is -0.790. The van der Waals surface area contributed by atoms with Crippen LogP contribution in [0.15, 0.2) is 48.5 Å². The summed E-state index contributed by atoms with van der Waals surface area (Å²) >= 11 is 1.33. The van der Waals surface area contributed by atoms with E-state index in [1.54, 1.807) is 37.3 Å². The number of thioether (sulfide) groups is 1. The second-order valence-corrected chi connectivity index (χ2v) is 9.43. The lowest BCUT2D eigenvalue weighted by molar-refractivity contribution is -0.384. The molecule has 2 rings (SSSR count). The first-order valence-corrected chi connectivity index (χ1v) is 11.3. The molecule has 0 bridgehead atoms. The molecule has 0 aromatic heterocycles. The van der Waals surface area contributed by atoms with Crippen LogP contribution in [0.25, 0.3) is 0 Å². The second-order valence-electron chi connectivity index (χ2n) is 8.44. The van der Waals surface area contributed by atoms with Crippen LogP contribution in [0.1, 0.15) is 38.8 Å². The van der Waals surface area contributed by atoms with E-state index in [0.29, 0.717) is 11.3 Å². The molecule has 1 atom stereocenters. The molecule has 0 spiro atoms. The van der Waals surface area contributed by atoms with Gasteiger partial charge in [0.05, 0.1) is 10.7 Å². The molecule has 172 valence electrons. The lowest BCUT2D eigenvalue weighted by Gasteiger charge is -2.31. The minimum absolute atomic E-state index is 0.00424. The van der Waals surface area contributed by atoms with Crippen molar-refractivity contribution in [3.8, 4) is 0 Å². The number of benzene rings is 2. The second kappa shape index (κ2) is 11.1. The summed E-state index contributed by atoms with van der Waals surface area (Å²) in [4.78, 5) is 37.4. The predicted molar refractivity (Wildman–Crippen MR) is 124 cm³/mol. The summed E-state index contributed by atoms with van der Waals surface area (Å²) in [6, 6.07) is 11.5. The lowest BCUT2D eigenvalue weighted by atomic mass is 10.1. The predicted octanol–water partition coefficient (Wildman–Crippen LogP) is 4.30. The van der Waals surface area contributed by atoms with Gasteiger partial charge in [-0.2, -0.15) is 0 Å². The van der Waals surface area contributed by atoms with Gasteiger partial charge < -0.3 is 10.2 Å². The van der Waals surface area contributed by atoms with Crippen LogP contribution in [0, 0.1) is 15.9 Å². The third-order valence-electron chi connectivity index (χ3n) is 4.61. The molecular formula is C23H28FN3O4S. The number of nitro groups is 1. The summed E-state index contributed by atoms with van der Waals surface area (Å²) in [5, 5.41) is 13.6. The van der Waals surface area contributed by atoms with Crippen molar-refractivity contribution in [3.63, 3.8) is 0 Å². The van der Waals surface area contributed by atoms with Crippen molar-refractivity contribution < 1.29 is 18.9 Å². The molecule has 0 aliphatic carbocycles. The van der Waals surface area contributed by atoms with E-state index in [2.05, 4.69) is 5.32 Å². The normalized spacial score (nSPS) is 12.2. The van der Waals surface area contributed by atoms with Gasteiger partial charge in [-0.1, -0.05) is 30.3 Å². The summed E-state index contributed by atoms with van der Waals surface area (Å²) in [6.07, 6.45) is 0. The zero-order valence-corrected chi connectivity index (χ0v) is 19.4. The quantitative estimate of drug-likeness (QED) is 0.444. The Labute approximate surface area is 191 Å². The molecule has 0 radical (unpaired) electrons. The Morgan fingerprint density at radius 3 is 2.34 bits per heavy atom. The lowest BCUT2D eigenvalue weighted by Crippen LogP contribution is -2.52. The topological polar surface area (TPSA) is 92.6 Å². The van der Waals surface area contributed by atoms with Crippen LogP contribution in [0.2, 0.25) is 0 Å². The highest BCUT2D eigenvalue weighted by Crippen LogP contribution is 2.19. The van der Waals surface area contributed by atoms with E-state index in [9.17, 15) is 24.1 Å². The van der Waals surface area contributed by atoms with Crippen molar-refractivity contribution in [1.82, 2.24) is 10.2 Å². The molecule has 0 heterocycles. The van der Waals surface area contributed by atoms with Gasteiger partial charge in [0.25, 0.3) is 5.69 Å². The largest absolute Gasteiger partial charge is 0.350 e. The fourth-order valence-corrected chi connectivity index (χ4v) is 3.79. The molecule has 0 fully saturated rings. The summed E-state index contributed by atoms with van der Waals surface area (Å²) in [5.41, 5.74) is 0.705. The van der Waals surface area contributed by atoms with Gasteiger partial charge in [-0.15, -0.1) is 11.8 Å². The molecule has 1 N–H and O–H groups in total. The van der Waals surface area contributed by atoms with Crippen LogP contribution in [0.5, 0.6) is 0 Å². The Balaban J connectivity index is 2.09. The van der Waals surface area contributed by atoms with Crippen molar-refractivity contribution in [2.45, 2.75) is 51.6 Å². The van der Waals surface area contributed by atoms with Crippen molar-refractivity contribution >= 4 is 29.3 Å². The van der Waals surface area contributed by atoms with Gasteiger partial charge in [-0.3, -0.25) is 19.7 Å². The third kappa shape index (κ3) is 7.64. The minimum Gasteiger partial charge on any atom is -0.350 e. The van der Waals surface area contributed by atoms with Crippen LogP contribution in [0.3, 0.4) is 0 Å². The highest BCUT2D eigenvalue weighted by Gasteiger charge is 2.28. The number of nitrogens with zero attached hydrogens (tertiary/aromatic N) is 2. The molecule has 7 nitrogen and oxygen atoms in total. The van der Waals surface area contributed by atoms with Gasteiger partial charge in [0, 0.05) is 35.5 Å². The number of amides is 2. The Bertz CT molecular complexity index is 960. The standard InChI is InChI=1S/C23H28FN3O4S/c1-16(22(29)25-23(2,3)4)26(13-18-7-5-6-8-20(18)24)21(28)15-32-14-17-9-11-19(12-10-17)27(30)31/h5-12,16H,13-15H2,1-4H3,(H,25,29)/t16-/m0/s1. The van der Waals surface area contributed by atoms with Gasteiger partial charge in [0.1, 0.15) is 11.9 Å². The highest BCUT2D eigenvalue weighted by atomic mass is 32.2. The van der Waals surface area contributed by atoms with Gasteiger partial charge in [-0.05, 0) is 39.3 Å². The molecule has 9 heteroatoms. The summed E-state index contributed by atoms with van der Waals surface area (Å²) < 4.78 is 14.2. The summed E-state index contributed by atoms with van der Waals surface area (Å²) in [6.45, 7) is 7.14. The molecular weight excluding hydrogens is 433 g/mol. The van der Waals surface area contributed by atoms with Gasteiger partial charge in [0.2, 0.25) is 11.8 Å². The van der Waals surface area contributed by atoms with E-state index in [0.717, 1.165) is 5.56 Å². The molecule has 0 unspecified atom stereocenters. The molecule has 2 aromatic carbocycles. The number of hydrogen-bond acceptors (Lipinski definition) is 5. The van der Waals surface area contributed by atoms with E-state index in [-0.39, 0.29) is 29.8 Å².